The average Bonchev–Trinajstić information content (AvgIpc) is 2.83. The maximum atomic E-state index is 10.7. The number of aromatic hydroxyl groups is 4. The van der Waals surface area contributed by atoms with Gasteiger partial charge in [-0.1, -0.05) is 6.07 Å². The molecule has 4 atom stereocenters. The van der Waals surface area contributed by atoms with Gasteiger partial charge < -0.3 is 49.6 Å². The SMILES string of the molecule is COc1cc(C2Oc3cc(C4Oc5cc(O)cc(O)c5CC4O)cc(O)c3OC2CO)ccc1O. The molecular weight excluding hydrogens is 460 g/mol. The topological polar surface area (TPSA) is 158 Å². The smallest absolute Gasteiger partial charge is 0.203 e. The monoisotopic (exact) mass is 484 g/mol. The second-order valence-corrected chi connectivity index (χ2v) is 8.43. The number of phenolic OH excluding ortho intramolecular Hbond substituents is 4. The van der Waals surface area contributed by atoms with E-state index in [1.165, 1.54) is 31.4 Å². The lowest BCUT2D eigenvalue weighted by molar-refractivity contribution is -0.0151. The summed E-state index contributed by atoms with van der Waals surface area (Å²) in [5.74, 6) is -0.116. The van der Waals surface area contributed by atoms with Crippen molar-refractivity contribution in [1.29, 1.82) is 0 Å². The van der Waals surface area contributed by atoms with Gasteiger partial charge in [0.05, 0.1) is 19.8 Å². The van der Waals surface area contributed by atoms with E-state index < -0.39 is 31.0 Å². The number of benzene rings is 3. The summed E-state index contributed by atoms with van der Waals surface area (Å²) in [6, 6.07) is 10.0. The summed E-state index contributed by atoms with van der Waals surface area (Å²) < 4.78 is 23.0. The quantitative estimate of drug-likeness (QED) is 0.325. The van der Waals surface area contributed by atoms with Gasteiger partial charge in [0.15, 0.2) is 41.3 Å². The Labute approximate surface area is 199 Å². The minimum absolute atomic E-state index is 0.0239. The number of hydrogen-bond donors (Lipinski definition) is 6. The zero-order valence-corrected chi connectivity index (χ0v) is 18.6. The Morgan fingerprint density at radius 1 is 0.829 bits per heavy atom. The van der Waals surface area contributed by atoms with E-state index >= 15 is 0 Å². The van der Waals surface area contributed by atoms with Crippen LogP contribution in [0.25, 0.3) is 0 Å². The molecule has 4 unspecified atom stereocenters. The molecule has 3 aromatic carbocycles. The highest BCUT2D eigenvalue weighted by Crippen LogP contribution is 2.49. The Hall–Kier alpha value is -4.02. The average molecular weight is 484 g/mol. The van der Waals surface area contributed by atoms with Crippen LogP contribution < -0.4 is 18.9 Å². The van der Waals surface area contributed by atoms with E-state index in [0.717, 1.165) is 0 Å². The van der Waals surface area contributed by atoms with Crippen LogP contribution in [0.2, 0.25) is 0 Å². The Balaban J connectivity index is 1.51. The molecule has 10 heteroatoms. The molecule has 6 N–H and O–H groups in total. The van der Waals surface area contributed by atoms with Crippen molar-refractivity contribution in [2.75, 3.05) is 13.7 Å². The van der Waals surface area contributed by atoms with E-state index in [-0.39, 0.29) is 52.4 Å². The minimum Gasteiger partial charge on any atom is -0.508 e. The minimum atomic E-state index is -1.07. The van der Waals surface area contributed by atoms with Gasteiger partial charge in [-0.3, -0.25) is 0 Å². The fraction of sp³-hybridized carbons (Fsp3) is 0.280. The predicted octanol–water partition coefficient (Wildman–Crippen LogP) is 2.43. The van der Waals surface area contributed by atoms with Crippen LogP contribution in [0.5, 0.6) is 46.0 Å². The van der Waals surface area contributed by atoms with Gasteiger partial charge in [0.25, 0.3) is 0 Å². The summed E-state index contributed by atoms with van der Waals surface area (Å²) in [6.07, 6.45) is -3.61. The van der Waals surface area contributed by atoms with Crippen molar-refractivity contribution in [2.45, 2.75) is 30.8 Å². The molecule has 2 heterocycles. The standard InChI is InChI=1S/C25H24O10/c1-32-20-5-11(2-3-15(20)28)24-22(10-26)35-25-17(30)4-12(6-21(25)34-24)23-18(31)9-14-16(29)7-13(27)8-19(14)33-23/h2-8,18,22-24,26-31H,9-10H2,1H3. The number of phenols is 4. The van der Waals surface area contributed by atoms with Gasteiger partial charge in [-0.25, -0.2) is 0 Å². The fourth-order valence-electron chi connectivity index (χ4n) is 4.44. The fourth-order valence-corrected chi connectivity index (χ4v) is 4.44. The Morgan fingerprint density at radius 2 is 1.60 bits per heavy atom. The van der Waals surface area contributed by atoms with Crippen molar-refractivity contribution in [3.8, 4) is 46.0 Å². The lowest BCUT2D eigenvalue weighted by Gasteiger charge is -2.35. The molecule has 0 aliphatic carbocycles. The van der Waals surface area contributed by atoms with Crippen LogP contribution >= 0.6 is 0 Å². The molecule has 10 nitrogen and oxygen atoms in total. The largest absolute Gasteiger partial charge is 0.508 e. The van der Waals surface area contributed by atoms with Crippen molar-refractivity contribution in [2.24, 2.45) is 0 Å². The summed E-state index contributed by atoms with van der Waals surface area (Å²) in [5.41, 5.74) is 1.29. The van der Waals surface area contributed by atoms with Gasteiger partial charge in [0.1, 0.15) is 17.2 Å². The summed E-state index contributed by atoms with van der Waals surface area (Å²) in [4.78, 5) is 0. The number of ether oxygens (including phenoxy) is 4. The van der Waals surface area contributed by atoms with E-state index in [1.807, 2.05) is 0 Å². The van der Waals surface area contributed by atoms with Gasteiger partial charge in [-0.15, -0.1) is 0 Å². The molecule has 0 aromatic heterocycles. The van der Waals surface area contributed by atoms with Crippen molar-refractivity contribution in [1.82, 2.24) is 0 Å². The first-order valence-corrected chi connectivity index (χ1v) is 10.9. The van der Waals surface area contributed by atoms with Crippen molar-refractivity contribution in [3.05, 3.63) is 59.2 Å². The number of methoxy groups -OCH3 is 1. The third-order valence-corrected chi connectivity index (χ3v) is 6.15. The van der Waals surface area contributed by atoms with Crippen LogP contribution in [0.3, 0.4) is 0 Å². The Kier molecular flexibility index (Phi) is 5.62. The maximum absolute atomic E-state index is 10.7. The molecule has 0 amide bonds. The third-order valence-electron chi connectivity index (χ3n) is 6.15. The molecule has 0 radical (unpaired) electrons. The second-order valence-electron chi connectivity index (χ2n) is 8.43. The molecular formula is C25H24O10. The van der Waals surface area contributed by atoms with Crippen LogP contribution in [0.4, 0.5) is 0 Å². The van der Waals surface area contributed by atoms with Gasteiger partial charge in [-0.2, -0.15) is 0 Å². The lowest BCUT2D eigenvalue weighted by atomic mass is 9.93. The van der Waals surface area contributed by atoms with Gasteiger partial charge >= 0.3 is 0 Å². The predicted molar refractivity (Wildman–Crippen MR) is 120 cm³/mol. The number of aliphatic hydroxyl groups is 2. The van der Waals surface area contributed by atoms with Crippen molar-refractivity contribution >= 4 is 0 Å². The summed E-state index contributed by atoms with van der Waals surface area (Å²) in [7, 11) is 1.41. The first-order chi connectivity index (χ1) is 16.8. The van der Waals surface area contributed by atoms with E-state index in [2.05, 4.69) is 0 Å². The third kappa shape index (κ3) is 3.96. The Bertz CT molecular complexity index is 1270. The molecule has 2 aliphatic rings. The van der Waals surface area contributed by atoms with Crippen molar-refractivity contribution in [3.63, 3.8) is 0 Å². The summed E-state index contributed by atoms with van der Waals surface area (Å²) in [5, 5.41) is 61.1. The number of hydrogen-bond acceptors (Lipinski definition) is 10. The molecule has 35 heavy (non-hydrogen) atoms. The van der Waals surface area contributed by atoms with E-state index in [4.69, 9.17) is 18.9 Å². The molecule has 0 bridgehead atoms. The highest BCUT2D eigenvalue weighted by Gasteiger charge is 2.38. The van der Waals surface area contributed by atoms with Crippen LogP contribution in [0, 0.1) is 0 Å². The molecule has 184 valence electrons. The zero-order valence-electron chi connectivity index (χ0n) is 18.6. The van der Waals surface area contributed by atoms with Crippen LogP contribution in [-0.2, 0) is 6.42 Å². The van der Waals surface area contributed by atoms with Crippen LogP contribution in [0.1, 0.15) is 28.9 Å². The number of rotatable bonds is 4. The van der Waals surface area contributed by atoms with E-state index in [0.29, 0.717) is 16.7 Å². The van der Waals surface area contributed by atoms with E-state index in [9.17, 15) is 30.6 Å². The first kappa shape index (κ1) is 22.8. The van der Waals surface area contributed by atoms with Gasteiger partial charge in [0.2, 0.25) is 5.75 Å². The van der Waals surface area contributed by atoms with Gasteiger partial charge in [-0.05, 0) is 24.3 Å². The molecule has 0 saturated carbocycles. The van der Waals surface area contributed by atoms with Gasteiger partial charge in [0, 0.05) is 35.2 Å². The Morgan fingerprint density at radius 3 is 2.34 bits per heavy atom. The first-order valence-electron chi connectivity index (χ1n) is 10.9. The molecule has 0 spiro atoms. The second kappa shape index (κ2) is 8.64. The molecule has 2 aliphatic heterocycles. The zero-order chi connectivity index (χ0) is 24.9. The summed E-state index contributed by atoms with van der Waals surface area (Å²) in [6.45, 7) is -0.414. The molecule has 0 saturated heterocycles. The lowest BCUT2D eigenvalue weighted by Crippen LogP contribution is -2.36. The highest BCUT2D eigenvalue weighted by atomic mass is 16.6. The van der Waals surface area contributed by atoms with E-state index in [1.54, 1.807) is 18.2 Å². The number of fused-ring (bicyclic) bond motifs is 2. The normalized spacial score (nSPS) is 22.7. The maximum Gasteiger partial charge on any atom is 0.203 e. The van der Waals surface area contributed by atoms with Crippen LogP contribution in [0.15, 0.2) is 42.5 Å². The summed E-state index contributed by atoms with van der Waals surface area (Å²) >= 11 is 0. The molecule has 5 rings (SSSR count). The highest BCUT2D eigenvalue weighted by molar-refractivity contribution is 5.57. The van der Waals surface area contributed by atoms with Crippen LogP contribution in [-0.4, -0.2) is 56.6 Å². The number of aliphatic hydroxyl groups excluding tert-OH is 2. The molecule has 0 fully saturated rings. The molecule has 3 aromatic rings. The van der Waals surface area contributed by atoms with Crippen molar-refractivity contribution < 1.29 is 49.6 Å².